The van der Waals surface area contributed by atoms with E-state index in [9.17, 15) is 9.59 Å². The van der Waals surface area contributed by atoms with Crippen LogP contribution in [-0.4, -0.2) is 85.8 Å². The molecule has 7 aliphatic rings. The maximum absolute atomic E-state index is 13.3. The molecule has 8 nitrogen and oxygen atoms in total. The molecule has 7 fully saturated rings. The van der Waals surface area contributed by atoms with E-state index in [1.807, 2.05) is 18.2 Å². The summed E-state index contributed by atoms with van der Waals surface area (Å²) in [6, 6.07) is 10.2. The fourth-order valence-corrected chi connectivity index (χ4v) is 9.76. The molecule has 4 heterocycles. The fourth-order valence-electron chi connectivity index (χ4n) is 9.76. The van der Waals surface area contributed by atoms with E-state index in [0.717, 1.165) is 38.7 Å². The zero-order chi connectivity index (χ0) is 34.6. The number of rotatable bonds is 10. The molecule has 3 saturated carbocycles. The van der Waals surface area contributed by atoms with Crippen molar-refractivity contribution < 1.29 is 38.0 Å². The van der Waals surface area contributed by atoms with Gasteiger partial charge in [0.15, 0.2) is 11.6 Å². The molecule has 0 bridgehead atoms. The first-order chi connectivity index (χ1) is 23.5. The second-order valence-electron chi connectivity index (χ2n) is 16.3. The Morgan fingerprint density at radius 3 is 2.00 bits per heavy atom. The van der Waals surface area contributed by atoms with Crippen molar-refractivity contribution in [3.05, 3.63) is 59.2 Å². The van der Waals surface area contributed by atoms with Crippen LogP contribution in [0.5, 0.6) is 0 Å². The summed E-state index contributed by atoms with van der Waals surface area (Å²) < 4.78 is 35.4. The van der Waals surface area contributed by atoms with Crippen LogP contribution in [0.3, 0.4) is 0 Å². The number of hydrogen-bond donors (Lipinski definition) is 0. The number of epoxide rings is 4. The number of hydrogen-bond acceptors (Lipinski definition) is 8. The molecule has 1 aromatic rings. The van der Waals surface area contributed by atoms with E-state index in [1.165, 1.54) is 36.8 Å². The third-order valence-electron chi connectivity index (χ3n) is 12.8. The Kier molecular flexibility index (Phi) is 9.64. The van der Waals surface area contributed by atoms with Crippen LogP contribution in [0.4, 0.5) is 0 Å². The topological polar surface area (TPSA) is 103 Å². The molecular weight excluding hydrogens is 620 g/mol. The minimum absolute atomic E-state index is 0.0370. The van der Waals surface area contributed by atoms with Gasteiger partial charge >= 0.3 is 0 Å². The first kappa shape index (κ1) is 35.2. The first-order valence-corrected chi connectivity index (χ1v) is 18.6. The largest absolute Gasteiger partial charge is 0.373 e. The number of Topliss-reactive ketones (excluding diaryl/α,β-unsaturated/α-hetero) is 2. The van der Waals surface area contributed by atoms with Gasteiger partial charge in [0.25, 0.3) is 0 Å². The van der Waals surface area contributed by atoms with E-state index in [4.69, 9.17) is 28.4 Å². The number of methoxy groups -OCH3 is 2. The van der Waals surface area contributed by atoms with Gasteiger partial charge in [-0.25, -0.2) is 0 Å². The molecule has 0 radical (unpaired) electrons. The minimum Gasteiger partial charge on any atom is -0.373 e. The zero-order valence-electron chi connectivity index (χ0n) is 30.3. The Labute approximate surface area is 292 Å². The molecule has 1 unspecified atom stereocenters. The lowest BCUT2D eigenvalue weighted by Gasteiger charge is -2.41. The van der Waals surface area contributed by atoms with Crippen LogP contribution in [0.1, 0.15) is 91.0 Å². The third-order valence-corrected chi connectivity index (χ3v) is 12.8. The summed E-state index contributed by atoms with van der Waals surface area (Å²) in [6.07, 6.45) is 14.0. The summed E-state index contributed by atoms with van der Waals surface area (Å²) in [6.45, 7) is 9.91. The summed E-state index contributed by atoms with van der Waals surface area (Å²) in [7, 11) is 3.28. The minimum atomic E-state index is -0.461. The van der Waals surface area contributed by atoms with Crippen LogP contribution in [0.15, 0.2) is 53.6 Å². The molecule has 11 atom stereocenters. The van der Waals surface area contributed by atoms with Gasteiger partial charge < -0.3 is 28.4 Å². The predicted octanol–water partition coefficient (Wildman–Crippen LogP) is 6.53. The van der Waals surface area contributed by atoms with E-state index < -0.39 is 6.10 Å². The van der Waals surface area contributed by atoms with E-state index in [2.05, 4.69) is 52.0 Å². The maximum Gasteiger partial charge on any atom is 0.165 e. The maximum atomic E-state index is 13.3. The van der Waals surface area contributed by atoms with Crippen LogP contribution >= 0.6 is 0 Å². The van der Waals surface area contributed by atoms with Gasteiger partial charge in [0.2, 0.25) is 0 Å². The van der Waals surface area contributed by atoms with Crippen molar-refractivity contribution in [1.82, 2.24) is 0 Å². The Balaban J connectivity index is 0.000000157. The molecule has 8 heteroatoms. The van der Waals surface area contributed by atoms with Crippen molar-refractivity contribution in [3.8, 4) is 0 Å². The summed E-state index contributed by atoms with van der Waals surface area (Å²) >= 11 is 0. The summed E-state index contributed by atoms with van der Waals surface area (Å²) in [4.78, 5) is 25.5. The number of carbonyl (C=O) groups is 2. The normalized spacial score (nSPS) is 43.2. The highest BCUT2D eigenvalue weighted by molar-refractivity contribution is 5.88. The van der Waals surface area contributed by atoms with Crippen molar-refractivity contribution in [2.75, 3.05) is 27.4 Å². The number of ether oxygens (including phenoxy) is 6. The van der Waals surface area contributed by atoms with Gasteiger partial charge in [0.1, 0.15) is 34.6 Å². The van der Waals surface area contributed by atoms with Crippen LogP contribution in [0.25, 0.3) is 0 Å². The lowest BCUT2D eigenvalue weighted by molar-refractivity contribution is -0.148. The molecular formula is C41H56O8. The van der Waals surface area contributed by atoms with Crippen molar-refractivity contribution in [2.24, 2.45) is 17.8 Å². The molecule has 0 aromatic heterocycles. The lowest BCUT2D eigenvalue weighted by atomic mass is 9.64. The van der Waals surface area contributed by atoms with Gasteiger partial charge in [-0.1, -0.05) is 53.6 Å². The van der Waals surface area contributed by atoms with Gasteiger partial charge in [0.05, 0.1) is 37.3 Å². The van der Waals surface area contributed by atoms with Gasteiger partial charge in [-0.15, -0.1) is 0 Å². The number of ketones is 2. The van der Waals surface area contributed by atoms with Crippen molar-refractivity contribution in [2.45, 2.75) is 139 Å². The molecule has 49 heavy (non-hydrogen) atoms. The van der Waals surface area contributed by atoms with Crippen LogP contribution in [0.2, 0.25) is 0 Å². The summed E-state index contributed by atoms with van der Waals surface area (Å²) in [5.41, 5.74) is 2.99. The Bertz CT molecular complexity index is 1450. The van der Waals surface area contributed by atoms with E-state index in [-0.39, 0.29) is 70.0 Å². The summed E-state index contributed by atoms with van der Waals surface area (Å²) in [5, 5.41) is 0. The Morgan fingerprint density at radius 1 is 0.837 bits per heavy atom. The highest BCUT2D eigenvalue weighted by Crippen LogP contribution is 2.60. The number of allylic oxidation sites excluding steroid dienone is 2. The highest BCUT2D eigenvalue weighted by atomic mass is 16.6. The average Bonchev–Trinajstić information content (AvgIpc) is 4.05. The Hall–Kier alpha value is -2.20. The molecule has 4 saturated heterocycles. The molecule has 0 amide bonds. The van der Waals surface area contributed by atoms with Crippen molar-refractivity contribution in [1.29, 1.82) is 0 Å². The molecule has 3 aliphatic carbocycles. The van der Waals surface area contributed by atoms with Gasteiger partial charge in [-0.3, -0.25) is 9.59 Å². The van der Waals surface area contributed by atoms with Crippen molar-refractivity contribution in [3.63, 3.8) is 0 Å². The highest BCUT2D eigenvalue weighted by Gasteiger charge is 2.74. The fraction of sp³-hybridized carbons (Fsp3) is 0.707. The van der Waals surface area contributed by atoms with Crippen LogP contribution < -0.4 is 0 Å². The third kappa shape index (κ3) is 6.78. The molecule has 0 N–H and O–H groups in total. The summed E-state index contributed by atoms with van der Waals surface area (Å²) in [5.74, 6) is 0.349. The quantitative estimate of drug-likeness (QED) is 0.204. The molecule has 1 aromatic carbocycles. The van der Waals surface area contributed by atoms with E-state index >= 15 is 0 Å². The average molecular weight is 677 g/mol. The molecule has 4 aliphatic heterocycles. The van der Waals surface area contributed by atoms with Gasteiger partial charge in [-0.05, 0) is 91.0 Å². The standard InChI is InChI=1S/C23H30O4.C18H26O4/c1-15(2)10-11-18-22(3,27-18)21-20(25-4)19(24)17(13-23(21)14-26-23)12-16-8-6-5-7-9-16;1-17(14(22-17)8-7-12-5-3-4-6-12)16-15(20-2)13(19)9-10-18(16)11-21-18/h5-10,17-18,20-21H,11-14H2,1-4H3;7,14-16H,3-6,8-11H2,1-2H3/t17?,18-,20-,21-,22+,23+;14-,15-,16-,17+,18+/m11/s1. The SMILES string of the molecule is CO[C@@H]1C(=O)C(Cc2ccccc2)C[C@]2(CO2)[C@H]1[C@@]1(C)O[C@@H]1CC=C(C)C.CO[C@@H]1C(=O)CC[C@]2(CO2)[C@H]1[C@@]1(C)O[C@@H]1CC=C1CCCC1. The Morgan fingerprint density at radius 2 is 1.43 bits per heavy atom. The van der Waals surface area contributed by atoms with E-state index in [1.54, 1.807) is 19.8 Å². The molecule has 8 rings (SSSR count). The smallest absolute Gasteiger partial charge is 0.165 e. The van der Waals surface area contributed by atoms with Crippen molar-refractivity contribution >= 4 is 11.6 Å². The monoisotopic (exact) mass is 676 g/mol. The van der Waals surface area contributed by atoms with Gasteiger partial charge in [0, 0.05) is 26.6 Å². The molecule has 2 spiro atoms. The first-order valence-electron chi connectivity index (χ1n) is 18.6. The van der Waals surface area contributed by atoms with Gasteiger partial charge in [-0.2, -0.15) is 0 Å². The molecule has 268 valence electrons. The van der Waals surface area contributed by atoms with Crippen LogP contribution in [0, 0.1) is 17.8 Å². The number of benzene rings is 1. The predicted molar refractivity (Wildman–Crippen MR) is 185 cm³/mol. The lowest BCUT2D eigenvalue weighted by Crippen LogP contribution is -2.56. The zero-order valence-corrected chi connectivity index (χ0v) is 30.3. The van der Waals surface area contributed by atoms with E-state index in [0.29, 0.717) is 13.0 Å². The second kappa shape index (κ2) is 13.4. The second-order valence-corrected chi connectivity index (χ2v) is 16.3. The van der Waals surface area contributed by atoms with Crippen LogP contribution in [-0.2, 0) is 44.4 Å². The number of carbonyl (C=O) groups excluding carboxylic acids is 2.